The second-order valence-electron chi connectivity index (χ2n) is 8.83. The van der Waals surface area contributed by atoms with Crippen LogP contribution in [0.5, 0.6) is 11.9 Å². The molecule has 4 bridgehead atoms. The monoisotopic (exact) mass is 384 g/mol. The molecule has 150 valence electrons. The Morgan fingerprint density at radius 1 is 0.643 bits per heavy atom. The van der Waals surface area contributed by atoms with Gasteiger partial charge in [0.2, 0.25) is 0 Å². The van der Waals surface area contributed by atoms with Crippen molar-refractivity contribution in [3.05, 3.63) is 24.3 Å². The maximum atomic E-state index is 6.17. The van der Waals surface area contributed by atoms with E-state index in [-0.39, 0.29) is 12.2 Å². The van der Waals surface area contributed by atoms with Crippen LogP contribution in [0.2, 0.25) is 0 Å². The van der Waals surface area contributed by atoms with Crippen molar-refractivity contribution in [2.45, 2.75) is 37.9 Å². The van der Waals surface area contributed by atoms with E-state index in [1.165, 1.54) is 51.9 Å². The number of piperidine rings is 6. The van der Waals surface area contributed by atoms with E-state index < -0.39 is 0 Å². The quantitative estimate of drug-likeness (QED) is 0.787. The highest BCUT2D eigenvalue weighted by molar-refractivity contribution is 5.51. The van der Waals surface area contributed by atoms with Gasteiger partial charge in [-0.1, -0.05) is 0 Å². The predicted molar refractivity (Wildman–Crippen MR) is 104 cm³/mol. The molecule has 6 saturated heterocycles. The van der Waals surface area contributed by atoms with Crippen LogP contribution in [0.4, 0.5) is 0 Å². The molecule has 0 spiro atoms. The van der Waals surface area contributed by atoms with Gasteiger partial charge in [0.25, 0.3) is 11.9 Å². The summed E-state index contributed by atoms with van der Waals surface area (Å²) < 4.78 is 24.2. The number of ether oxygens (including phenoxy) is 2. The third-order valence-electron chi connectivity index (χ3n) is 7.13. The highest BCUT2D eigenvalue weighted by Crippen LogP contribution is 2.36. The lowest BCUT2D eigenvalue weighted by Crippen LogP contribution is -2.52. The zero-order valence-electron chi connectivity index (χ0n) is 16.2. The van der Waals surface area contributed by atoms with Gasteiger partial charge in [0.15, 0.2) is 11.5 Å². The second-order valence-corrected chi connectivity index (χ2v) is 8.83. The number of nitrogens with zero attached hydrogens (tertiary/aromatic N) is 2. The molecule has 6 heteroatoms. The van der Waals surface area contributed by atoms with Crippen molar-refractivity contribution in [2.24, 2.45) is 11.8 Å². The fourth-order valence-corrected chi connectivity index (χ4v) is 5.42. The van der Waals surface area contributed by atoms with E-state index in [1.54, 1.807) is 0 Å². The SMILES string of the molecule is c1cc(-c2ccc(OC3CN4CCC3CC4)o2)oc1OC1CN2CCC1CC2. The molecular formula is C22H28N2O4. The summed E-state index contributed by atoms with van der Waals surface area (Å²) in [7, 11) is 0. The average Bonchev–Trinajstić information content (AvgIpc) is 3.39. The normalized spacial score (nSPS) is 36.6. The van der Waals surface area contributed by atoms with Crippen LogP contribution < -0.4 is 9.47 Å². The number of hydrogen-bond donors (Lipinski definition) is 0. The average molecular weight is 384 g/mol. The van der Waals surface area contributed by atoms with Crippen molar-refractivity contribution >= 4 is 0 Å². The maximum absolute atomic E-state index is 6.17. The molecule has 2 aromatic rings. The van der Waals surface area contributed by atoms with Crippen LogP contribution in [0.3, 0.4) is 0 Å². The number of furan rings is 2. The van der Waals surface area contributed by atoms with Crippen molar-refractivity contribution in [1.29, 1.82) is 0 Å². The van der Waals surface area contributed by atoms with E-state index in [4.69, 9.17) is 18.3 Å². The molecule has 0 amide bonds. The van der Waals surface area contributed by atoms with Crippen LogP contribution in [0.25, 0.3) is 11.5 Å². The first kappa shape index (κ1) is 17.0. The Hall–Kier alpha value is -1.92. The van der Waals surface area contributed by atoms with Crippen LogP contribution >= 0.6 is 0 Å². The van der Waals surface area contributed by atoms with Gasteiger partial charge in [0, 0.05) is 25.2 Å². The molecule has 6 nitrogen and oxygen atoms in total. The summed E-state index contributed by atoms with van der Waals surface area (Å²) in [5.74, 6) is 3.88. The molecule has 28 heavy (non-hydrogen) atoms. The summed E-state index contributed by atoms with van der Waals surface area (Å²) in [5.41, 5.74) is 0. The molecular weight excluding hydrogens is 356 g/mol. The summed E-state index contributed by atoms with van der Waals surface area (Å²) in [6.45, 7) is 6.87. The lowest BCUT2D eigenvalue weighted by Gasteiger charge is -2.43. The smallest absolute Gasteiger partial charge is 0.285 e. The van der Waals surface area contributed by atoms with Crippen LogP contribution in [-0.2, 0) is 0 Å². The molecule has 6 fully saturated rings. The van der Waals surface area contributed by atoms with E-state index in [1.807, 2.05) is 24.3 Å². The van der Waals surface area contributed by atoms with Gasteiger partial charge < -0.3 is 18.3 Å². The Labute approximate surface area is 165 Å². The summed E-state index contributed by atoms with van der Waals surface area (Å²) in [6, 6.07) is 7.66. The topological polar surface area (TPSA) is 51.2 Å². The summed E-state index contributed by atoms with van der Waals surface area (Å²) >= 11 is 0. The zero-order valence-corrected chi connectivity index (χ0v) is 16.2. The molecule has 6 aliphatic rings. The van der Waals surface area contributed by atoms with Gasteiger partial charge in [-0.2, -0.15) is 0 Å². The minimum atomic E-state index is 0.244. The molecule has 0 aliphatic carbocycles. The maximum Gasteiger partial charge on any atom is 0.285 e. The van der Waals surface area contributed by atoms with E-state index >= 15 is 0 Å². The van der Waals surface area contributed by atoms with Gasteiger partial charge in [-0.3, -0.25) is 9.80 Å². The van der Waals surface area contributed by atoms with Gasteiger partial charge in [0.05, 0.1) is 0 Å². The van der Waals surface area contributed by atoms with Crippen molar-refractivity contribution < 1.29 is 18.3 Å². The Morgan fingerprint density at radius 2 is 1.07 bits per heavy atom. The molecule has 2 aromatic heterocycles. The largest absolute Gasteiger partial charge is 0.460 e. The number of fused-ring (bicyclic) bond motifs is 6. The standard InChI is InChI=1S/C22H28N2O4/c1-3-21(27-19-13-23-9-5-15(19)6-10-23)25-17(1)18-2-4-22(26-18)28-20-14-24-11-7-16(20)8-12-24/h1-4,15-16,19-20H,5-14H2. The van der Waals surface area contributed by atoms with Crippen LogP contribution in [0, 0.1) is 11.8 Å². The van der Waals surface area contributed by atoms with Crippen LogP contribution in [0.1, 0.15) is 25.7 Å². The third kappa shape index (κ3) is 3.12. The molecule has 0 aromatic carbocycles. The highest BCUT2D eigenvalue weighted by atomic mass is 16.6. The van der Waals surface area contributed by atoms with Crippen molar-refractivity contribution in [1.82, 2.24) is 9.80 Å². The molecule has 0 N–H and O–H groups in total. The van der Waals surface area contributed by atoms with E-state index in [0.717, 1.165) is 13.1 Å². The van der Waals surface area contributed by atoms with Crippen molar-refractivity contribution in [3.8, 4) is 23.4 Å². The van der Waals surface area contributed by atoms with E-state index in [9.17, 15) is 0 Å². The Kier molecular flexibility index (Phi) is 4.15. The first-order valence-electron chi connectivity index (χ1n) is 10.8. The van der Waals surface area contributed by atoms with Crippen molar-refractivity contribution in [3.63, 3.8) is 0 Å². The zero-order chi connectivity index (χ0) is 18.5. The fraction of sp³-hybridized carbons (Fsp3) is 0.636. The van der Waals surface area contributed by atoms with Crippen LogP contribution in [0.15, 0.2) is 33.1 Å². The van der Waals surface area contributed by atoms with E-state index in [2.05, 4.69) is 9.80 Å². The number of hydrogen-bond acceptors (Lipinski definition) is 6. The predicted octanol–water partition coefficient (Wildman–Crippen LogP) is 3.49. The Bertz CT molecular complexity index is 746. The molecule has 0 saturated carbocycles. The Morgan fingerprint density at radius 3 is 1.43 bits per heavy atom. The third-order valence-corrected chi connectivity index (χ3v) is 7.13. The summed E-state index contributed by atoms with van der Waals surface area (Å²) in [6.07, 6.45) is 5.42. The van der Waals surface area contributed by atoms with Gasteiger partial charge in [-0.25, -0.2) is 0 Å². The van der Waals surface area contributed by atoms with E-state index in [0.29, 0.717) is 35.2 Å². The Balaban J connectivity index is 1.11. The second kappa shape index (κ2) is 6.85. The van der Waals surface area contributed by atoms with Crippen LogP contribution in [-0.4, -0.2) is 61.3 Å². The van der Waals surface area contributed by atoms with Gasteiger partial charge in [-0.15, -0.1) is 0 Å². The minimum absolute atomic E-state index is 0.244. The summed E-state index contributed by atoms with van der Waals surface area (Å²) in [5, 5.41) is 0. The first-order valence-corrected chi connectivity index (χ1v) is 10.8. The summed E-state index contributed by atoms with van der Waals surface area (Å²) in [4.78, 5) is 4.97. The lowest BCUT2D eigenvalue weighted by atomic mass is 9.86. The first-order chi connectivity index (χ1) is 13.8. The van der Waals surface area contributed by atoms with Gasteiger partial charge in [0.1, 0.15) is 12.2 Å². The molecule has 2 atom stereocenters. The molecule has 8 rings (SSSR count). The van der Waals surface area contributed by atoms with Crippen molar-refractivity contribution in [2.75, 3.05) is 39.3 Å². The number of rotatable bonds is 5. The fourth-order valence-electron chi connectivity index (χ4n) is 5.42. The van der Waals surface area contributed by atoms with Gasteiger partial charge in [-0.05, 0) is 75.8 Å². The molecule has 8 heterocycles. The highest BCUT2D eigenvalue weighted by Gasteiger charge is 2.37. The lowest BCUT2D eigenvalue weighted by molar-refractivity contribution is -0.0192. The molecule has 0 radical (unpaired) electrons. The van der Waals surface area contributed by atoms with Gasteiger partial charge >= 0.3 is 0 Å². The molecule has 6 aliphatic heterocycles. The minimum Gasteiger partial charge on any atom is -0.460 e. The molecule has 2 unspecified atom stereocenters.